The first-order chi connectivity index (χ1) is 8.18. The summed E-state index contributed by atoms with van der Waals surface area (Å²) >= 11 is 0. The lowest BCUT2D eigenvalue weighted by molar-refractivity contribution is -0.137. The maximum absolute atomic E-state index is 11.3. The average Bonchev–Trinajstić information content (AvgIpc) is 2.76. The molecule has 0 bridgehead atoms. The highest BCUT2D eigenvalue weighted by atomic mass is 16.4. The summed E-state index contributed by atoms with van der Waals surface area (Å²) in [4.78, 5) is 28.5. The van der Waals surface area contributed by atoms with E-state index in [0.717, 1.165) is 18.7 Å². The van der Waals surface area contributed by atoms with Gasteiger partial charge in [-0.15, -0.1) is 0 Å². The Morgan fingerprint density at radius 1 is 1.35 bits per heavy atom. The predicted molar refractivity (Wildman–Crippen MR) is 61.4 cm³/mol. The van der Waals surface area contributed by atoms with Crippen LogP contribution in [0.4, 0.5) is 0 Å². The number of carboxylic acids is 1. The fourth-order valence-corrected chi connectivity index (χ4v) is 1.41. The van der Waals surface area contributed by atoms with Gasteiger partial charge < -0.3 is 15.4 Å². The van der Waals surface area contributed by atoms with Gasteiger partial charge in [0.15, 0.2) is 0 Å². The second-order valence-corrected chi connectivity index (χ2v) is 3.74. The number of aromatic amines is 1. The van der Waals surface area contributed by atoms with E-state index in [4.69, 9.17) is 5.11 Å². The second-order valence-electron chi connectivity index (χ2n) is 3.74. The third kappa shape index (κ3) is 6.34. The molecule has 3 N–H and O–H groups in total. The molecule has 1 amide bonds. The first kappa shape index (κ1) is 13.2. The van der Waals surface area contributed by atoms with Gasteiger partial charge in [0.05, 0.1) is 0 Å². The summed E-state index contributed by atoms with van der Waals surface area (Å²) in [5, 5.41) is 11.1. The molecule has 1 aromatic rings. The maximum Gasteiger partial charge on any atom is 0.303 e. The van der Waals surface area contributed by atoms with Crippen molar-refractivity contribution in [1.29, 1.82) is 0 Å². The van der Waals surface area contributed by atoms with Crippen LogP contribution in [0, 0.1) is 0 Å². The van der Waals surface area contributed by atoms with Crippen LogP contribution in [0.2, 0.25) is 0 Å². The van der Waals surface area contributed by atoms with Gasteiger partial charge in [-0.1, -0.05) is 0 Å². The number of H-pyrrole nitrogens is 1. The number of nitrogens with zero attached hydrogens (tertiary/aromatic N) is 1. The Bertz CT molecular complexity index is 349. The van der Waals surface area contributed by atoms with E-state index >= 15 is 0 Å². The van der Waals surface area contributed by atoms with E-state index in [-0.39, 0.29) is 18.7 Å². The van der Waals surface area contributed by atoms with Gasteiger partial charge in [-0.2, -0.15) is 0 Å². The highest BCUT2D eigenvalue weighted by molar-refractivity contribution is 5.76. The molecule has 94 valence electrons. The topological polar surface area (TPSA) is 95.1 Å². The molecule has 0 atom stereocenters. The van der Waals surface area contributed by atoms with Crippen LogP contribution in [-0.4, -0.2) is 33.5 Å². The number of rotatable bonds is 8. The summed E-state index contributed by atoms with van der Waals surface area (Å²) in [6.07, 6.45) is 5.77. The fourth-order valence-electron chi connectivity index (χ4n) is 1.41. The molecule has 0 radical (unpaired) electrons. The molecule has 0 aromatic carbocycles. The summed E-state index contributed by atoms with van der Waals surface area (Å²) in [5.74, 6) is -0.0496. The van der Waals surface area contributed by atoms with Crippen molar-refractivity contribution < 1.29 is 14.7 Å². The van der Waals surface area contributed by atoms with E-state index in [1.807, 2.05) is 0 Å². The van der Waals surface area contributed by atoms with Crippen LogP contribution in [0.15, 0.2) is 12.4 Å². The molecule has 0 unspecified atom stereocenters. The van der Waals surface area contributed by atoms with Gasteiger partial charge in [-0.3, -0.25) is 9.59 Å². The number of amides is 1. The Balaban J connectivity index is 1.98. The number of hydrogen-bond acceptors (Lipinski definition) is 3. The molecule has 0 spiro atoms. The van der Waals surface area contributed by atoms with Crippen LogP contribution in [0.5, 0.6) is 0 Å². The fraction of sp³-hybridized carbons (Fsp3) is 0.545. The number of aliphatic carboxylic acids is 1. The molecule has 0 aliphatic heterocycles. The SMILES string of the molecule is O=C(O)CCCC(=O)NCCCc1ncc[nH]1. The standard InChI is InChI=1S/C11H17N3O3/c15-10(4-1-5-11(16)17)14-6-2-3-9-12-7-8-13-9/h7-8H,1-6H2,(H,12,13)(H,14,15)(H,16,17). The van der Waals surface area contributed by atoms with Crippen molar-refractivity contribution in [2.45, 2.75) is 32.1 Å². The van der Waals surface area contributed by atoms with E-state index in [1.54, 1.807) is 12.4 Å². The number of carbonyl (C=O) groups excluding carboxylic acids is 1. The Labute approximate surface area is 99.4 Å². The highest BCUT2D eigenvalue weighted by Gasteiger charge is 2.03. The minimum absolute atomic E-state index is 0.0415. The quantitative estimate of drug-likeness (QED) is 0.582. The summed E-state index contributed by atoms with van der Waals surface area (Å²) < 4.78 is 0. The van der Waals surface area contributed by atoms with Gasteiger partial charge in [0.1, 0.15) is 5.82 Å². The predicted octanol–water partition coefficient (Wildman–Crippen LogP) is 0.713. The molecular formula is C11H17N3O3. The lowest BCUT2D eigenvalue weighted by Crippen LogP contribution is -2.24. The molecule has 0 saturated heterocycles. The molecule has 0 fully saturated rings. The van der Waals surface area contributed by atoms with Crippen LogP contribution in [0.3, 0.4) is 0 Å². The van der Waals surface area contributed by atoms with E-state index < -0.39 is 5.97 Å². The Morgan fingerprint density at radius 3 is 2.82 bits per heavy atom. The molecule has 1 aromatic heterocycles. The van der Waals surface area contributed by atoms with Crippen molar-refractivity contribution in [2.75, 3.05) is 6.54 Å². The van der Waals surface area contributed by atoms with Crippen LogP contribution in [-0.2, 0) is 16.0 Å². The van der Waals surface area contributed by atoms with Gasteiger partial charge in [0, 0.05) is 38.2 Å². The lowest BCUT2D eigenvalue weighted by atomic mass is 10.2. The smallest absolute Gasteiger partial charge is 0.303 e. The maximum atomic E-state index is 11.3. The minimum Gasteiger partial charge on any atom is -0.481 e. The van der Waals surface area contributed by atoms with Crippen molar-refractivity contribution in [3.8, 4) is 0 Å². The van der Waals surface area contributed by atoms with Crippen LogP contribution >= 0.6 is 0 Å². The average molecular weight is 239 g/mol. The van der Waals surface area contributed by atoms with Crippen molar-refractivity contribution in [3.63, 3.8) is 0 Å². The van der Waals surface area contributed by atoms with Crippen molar-refractivity contribution in [1.82, 2.24) is 15.3 Å². The normalized spacial score (nSPS) is 10.1. The van der Waals surface area contributed by atoms with Gasteiger partial charge in [-0.25, -0.2) is 4.98 Å². The van der Waals surface area contributed by atoms with E-state index in [2.05, 4.69) is 15.3 Å². The minimum atomic E-state index is -0.865. The van der Waals surface area contributed by atoms with Crippen LogP contribution in [0.25, 0.3) is 0 Å². The van der Waals surface area contributed by atoms with Gasteiger partial charge in [0.2, 0.25) is 5.91 Å². The van der Waals surface area contributed by atoms with Crippen molar-refractivity contribution >= 4 is 11.9 Å². The summed E-state index contributed by atoms with van der Waals surface area (Å²) in [7, 11) is 0. The summed E-state index contributed by atoms with van der Waals surface area (Å²) in [5.41, 5.74) is 0. The molecule has 1 rings (SSSR count). The molecule has 0 aliphatic carbocycles. The van der Waals surface area contributed by atoms with Gasteiger partial charge >= 0.3 is 5.97 Å². The van der Waals surface area contributed by atoms with Gasteiger partial charge in [-0.05, 0) is 12.8 Å². The lowest BCUT2D eigenvalue weighted by Gasteiger charge is -2.03. The Hall–Kier alpha value is -1.85. The van der Waals surface area contributed by atoms with E-state index in [9.17, 15) is 9.59 Å². The zero-order valence-electron chi connectivity index (χ0n) is 9.61. The first-order valence-electron chi connectivity index (χ1n) is 5.65. The monoisotopic (exact) mass is 239 g/mol. The molecule has 0 aliphatic rings. The molecule has 1 heterocycles. The third-order valence-corrected chi connectivity index (χ3v) is 2.26. The number of carboxylic acid groups (broad SMARTS) is 1. The molecule has 17 heavy (non-hydrogen) atoms. The second kappa shape index (κ2) is 7.43. The first-order valence-corrected chi connectivity index (χ1v) is 5.65. The van der Waals surface area contributed by atoms with E-state index in [1.165, 1.54) is 0 Å². The number of nitrogens with one attached hydrogen (secondary N) is 2. The number of imidazole rings is 1. The molecule has 6 heteroatoms. The van der Waals surface area contributed by atoms with Crippen molar-refractivity contribution in [3.05, 3.63) is 18.2 Å². The zero-order chi connectivity index (χ0) is 12.5. The van der Waals surface area contributed by atoms with E-state index in [0.29, 0.717) is 13.0 Å². The molecular weight excluding hydrogens is 222 g/mol. The Kier molecular flexibility index (Phi) is 5.77. The molecule has 0 saturated carbocycles. The zero-order valence-corrected chi connectivity index (χ0v) is 9.61. The summed E-state index contributed by atoms with van der Waals surface area (Å²) in [6.45, 7) is 0.590. The number of carbonyl (C=O) groups is 2. The number of aryl methyl sites for hydroxylation is 1. The highest BCUT2D eigenvalue weighted by Crippen LogP contribution is 1.96. The molecule has 6 nitrogen and oxygen atoms in total. The van der Waals surface area contributed by atoms with Crippen molar-refractivity contribution in [2.24, 2.45) is 0 Å². The third-order valence-electron chi connectivity index (χ3n) is 2.26. The number of hydrogen-bond donors (Lipinski definition) is 3. The van der Waals surface area contributed by atoms with Crippen LogP contribution in [0.1, 0.15) is 31.5 Å². The summed E-state index contributed by atoms with van der Waals surface area (Å²) in [6, 6.07) is 0. The van der Waals surface area contributed by atoms with Crippen LogP contribution < -0.4 is 5.32 Å². The Morgan fingerprint density at radius 2 is 2.18 bits per heavy atom. The van der Waals surface area contributed by atoms with Gasteiger partial charge in [0.25, 0.3) is 0 Å². The largest absolute Gasteiger partial charge is 0.481 e. The number of aromatic nitrogens is 2.